The quantitative estimate of drug-likeness (QED) is 0.876. The number of nitrogens with zero attached hydrogens (tertiary/aromatic N) is 1. The minimum absolute atomic E-state index is 0.00482. The van der Waals surface area contributed by atoms with Gasteiger partial charge in [-0.3, -0.25) is 0 Å². The van der Waals surface area contributed by atoms with E-state index in [2.05, 4.69) is 37.1 Å². The van der Waals surface area contributed by atoms with Crippen LogP contribution in [-0.4, -0.2) is 42.7 Å². The number of phenols is 1. The van der Waals surface area contributed by atoms with E-state index < -0.39 is 0 Å². The maximum absolute atomic E-state index is 9.97. The zero-order chi connectivity index (χ0) is 13.9. The van der Waals surface area contributed by atoms with Crippen LogP contribution in [0.1, 0.15) is 31.9 Å². The number of nitrogens with one attached hydrogen (secondary N) is 1. The molecule has 1 aliphatic rings. The third-order valence-electron chi connectivity index (χ3n) is 3.80. The van der Waals surface area contributed by atoms with E-state index >= 15 is 0 Å². The van der Waals surface area contributed by atoms with E-state index in [-0.39, 0.29) is 5.41 Å². The molecule has 1 heterocycles. The third kappa shape index (κ3) is 3.95. The van der Waals surface area contributed by atoms with Gasteiger partial charge in [-0.1, -0.05) is 32.9 Å². The molecular formula is C16H26N2O. The molecule has 0 amide bonds. The Balaban J connectivity index is 2.00. The Bertz CT molecular complexity index is 417. The van der Waals surface area contributed by atoms with Gasteiger partial charge >= 0.3 is 0 Å². The zero-order valence-corrected chi connectivity index (χ0v) is 12.4. The molecule has 106 valence electrons. The Labute approximate surface area is 116 Å². The summed E-state index contributed by atoms with van der Waals surface area (Å²) in [5, 5.41) is 13.3. The van der Waals surface area contributed by atoms with Crippen LogP contribution in [-0.2, 0) is 11.8 Å². The lowest BCUT2D eigenvalue weighted by molar-refractivity contribution is 0.244. The van der Waals surface area contributed by atoms with Crippen molar-refractivity contribution in [1.29, 1.82) is 0 Å². The molecule has 1 aromatic rings. The van der Waals surface area contributed by atoms with Crippen molar-refractivity contribution in [1.82, 2.24) is 10.2 Å². The van der Waals surface area contributed by atoms with E-state index in [0.717, 1.165) is 44.7 Å². The van der Waals surface area contributed by atoms with E-state index in [4.69, 9.17) is 0 Å². The van der Waals surface area contributed by atoms with Gasteiger partial charge in [-0.15, -0.1) is 0 Å². The highest BCUT2D eigenvalue weighted by Crippen LogP contribution is 2.31. The van der Waals surface area contributed by atoms with Gasteiger partial charge in [0.2, 0.25) is 0 Å². The SMILES string of the molecule is CC(C)(C)c1cc(CCN2CCNCC2)ccc1O. The van der Waals surface area contributed by atoms with Crippen LogP contribution in [0.15, 0.2) is 18.2 Å². The van der Waals surface area contributed by atoms with Crippen molar-refractivity contribution in [3.8, 4) is 5.75 Å². The van der Waals surface area contributed by atoms with Crippen LogP contribution in [0.3, 0.4) is 0 Å². The number of hydrogen-bond acceptors (Lipinski definition) is 3. The van der Waals surface area contributed by atoms with Gasteiger partial charge < -0.3 is 15.3 Å². The Hall–Kier alpha value is -1.06. The number of aromatic hydroxyl groups is 1. The van der Waals surface area contributed by atoms with Crippen LogP contribution in [0.25, 0.3) is 0 Å². The van der Waals surface area contributed by atoms with Crippen molar-refractivity contribution in [2.24, 2.45) is 0 Å². The average Bonchev–Trinajstić information content (AvgIpc) is 2.37. The molecule has 0 saturated carbocycles. The number of piperazine rings is 1. The van der Waals surface area contributed by atoms with Crippen molar-refractivity contribution in [2.45, 2.75) is 32.6 Å². The van der Waals surface area contributed by atoms with Gasteiger partial charge in [0, 0.05) is 32.7 Å². The first kappa shape index (κ1) is 14.4. The van der Waals surface area contributed by atoms with E-state index in [1.54, 1.807) is 0 Å². The van der Waals surface area contributed by atoms with Crippen molar-refractivity contribution in [2.75, 3.05) is 32.7 Å². The molecule has 1 aliphatic heterocycles. The molecule has 3 heteroatoms. The number of rotatable bonds is 3. The molecule has 0 aliphatic carbocycles. The van der Waals surface area contributed by atoms with Crippen molar-refractivity contribution < 1.29 is 5.11 Å². The van der Waals surface area contributed by atoms with E-state index in [1.807, 2.05) is 12.1 Å². The Morgan fingerprint density at radius 3 is 2.53 bits per heavy atom. The first-order valence-electron chi connectivity index (χ1n) is 7.22. The molecule has 0 radical (unpaired) electrons. The molecule has 2 rings (SSSR count). The fourth-order valence-electron chi connectivity index (χ4n) is 2.56. The second kappa shape index (κ2) is 5.93. The van der Waals surface area contributed by atoms with Gasteiger partial charge in [0.05, 0.1) is 0 Å². The maximum atomic E-state index is 9.97. The lowest BCUT2D eigenvalue weighted by Gasteiger charge is -2.27. The van der Waals surface area contributed by atoms with Crippen molar-refractivity contribution in [3.05, 3.63) is 29.3 Å². The highest BCUT2D eigenvalue weighted by Gasteiger charge is 2.18. The summed E-state index contributed by atoms with van der Waals surface area (Å²) in [6.07, 6.45) is 1.06. The smallest absolute Gasteiger partial charge is 0.119 e. The Kier molecular flexibility index (Phi) is 4.48. The lowest BCUT2D eigenvalue weighted by atomic mass is 9.85. The summed E-state index contributed by atoms with van der Waals surface area (Å²) in [6, 6.07) is 6.05. The van der Waals surface area contributed by atoms with E-state index in [9.17, 15) is 5.11 Å². The maximum Gasteiger partial charge on any atom is 0.119 e. The normalized spacial score (nSPS) is 17.6. The molecule has 0 atom stereocenters. The van der Waals surface area contributed by atoms with Crippen LogP contribution in [0.5, 0.6) is 5.75 Å². The molecule has 0 spiro atoms. The van der Waals surface area contributed by atoms with E-state index in [1.165, 1.54) is 5.56 Å². The molecule has 19 heavy (non-hydrogen) atoms. The molecule has 0 bridgehead atoms. The van der Waals surface area contributed by atoms with Gasteiger partial charge in [-0.25, -0.2) is 0 Å². The standard InChI is InChI=1S/C16H26N2O/c1-16(2,3)14-12-13(4-5-15(14)19)6-9-18-10-7-17-8-11-18/h4-5,12,17,19H,6-11H2,1-3H3. The molecule has 1 aromatic carbocycles. The first-order valence-corrected chi connectivity index (χ1v) is 7.22. The summed E-state index contributed by atoms with van der Waals surface area (Å²) in [7, 11) is 0. The molecule has 1 fully saturated rings. The lowest BCUT2D eigenvalue weighted by Crippen LogP contribution is -2.44. The van der Waals surface area contributed by atoms with Crippen LogP contribution >= 0.6 is 0 Å². The van der Waals surface area contributed by atoms with Crippen LogP contribution < -0.4 is 5.32 Å². The highest BCUT2D eigenvalue weighted by molar-refractivity contribution is 5.40. The van der Waals surface area contributed by atoms with Gasteiger partial charge in [0.1, 0.15) is 5.75 Å². The van der Waals surface area contributed by atoms with Crippen LogP contribution in [0, 0.1) is 0 Å². The summed E-state index contributed by atoms with van der Waals surface area (Å²) in [5.74, 6) is 0.415. The van der Waals surface area contributed by atoms with E-state index in [0.29, 0.717) is 5.75 Å². The van der Waals surface area contributed by atoms with Gasteiger partial charge in [-0.05, 0) is 29.0 Å². The molecule has 0 aromatic heterocycles. The topological polar surface area (TPSA) is 35.5 Å². The fraction of sp³-hybridized carbons (Fsp3) is 0.625. The fourth-order valence-corrected chi connectivity index (χ4v) is 2.56. The summed E-state index contributed by atoms with van der Waals surface area (Å²) in [5.41, 5.74) is 2.36. The zero-order valence-electron chi connectivity index (χ0n) is 12.4. The summed E-state index contributed by atoms with van der Waals surface area (Å²) in [6.45, 7) is 12.0. The number of phenolic OH excluding ortho intramolecular Hbond substituents is 1. The highest BCUT2D eigenvalue weighted by atomic mass is 16.3. The predicted octanol–water partition coefficient (Wildman–Crippen LogP) is 2.14. The second-order valence-corrected chi connectivity index (χ2v) is 6.44. The van der Waals surface area contributed by atoms with Crippen molar-refractivity contribution in [3.63, 3.8) is 0 Å². The minimum Gasteiger partial charge on any atom is -0.508 e. The molecule has 0 unspecified atom stereocenters. The second-order valence-electron chi connectivity index (χ2n) is 6.44. The predicted molar refractivity (Wildman–Crippen MR) is 79.8 cm³/mol. The van der Waals surface area contributed by atoms with Gasteiger partial charge in [0.25, 0.3) is 0 Å². The average molecular weight is 262 g/mol. The minimum atomic E-state index is -0.00482. The summed E-state index contributed by atoms with van der Waals surface area (Å²) < 4.78 is 0. The molecule has 2 N–H and O–H groups in total. The molecule has 3 nitrogen and oxygen atoms in total. The Morgan fingerprint density at radius 1 is 1.21 bits per heavy atom. The molecular weight excluding hydrogens is 236 g/mol. The largest absolute Gasteiger partial charge is 0.508 e. The first-order chi connectivity index (χ1) is 8.97. The summed E-state index contributed by atoms with van der Waals surface area (Å²) >= 11 is 0. The Morgan fingerprint density at radius 2 is 1.89 bits per heavy atom. The third-order valence-corrected chi connectivity index (χ3v) is 3.80. The summed E-state index contributed by atoms with van der Waals surface area (Å²) in [4.78, 5) is 2.50. The molecule has 1 saturated heterocycles. The van der Waals surface area contributed by atoms with Crippen molar-refractivity contribution >= 4 is 0 Å². The number of benzene rings is 1. The van der Waals surface area contributed by atoms with Crippen LogP contribution in [0.4, 0.5) is 0 Å². The monoisotopic (exact) mass is 262 g/mol. The van der Waals surface area contributed by atoms with Crippen LogP contribution in [0.2, 0.25) is 0 Å². The van der Waals surface area contributed by atoms with Gasteiger partial charge in [0.15, 0.2) is 0 Å². The number of hydrogen-bond donors (Lipinski definition) is 2. The van der Waals surface area contributed by atoms with Gasteiger partial charge in [-0.2, -0.15) is 0 Å².